The van der Waals surface area contributed by atoms with E-state index in [1.807, 2.05) is 6.20 Å². The number of carbonyl (C=O) groups is 1. The molecule has 0 aromatic carbocycles. The van der Waals surface area contributed by atoms with Gasteiger partial charge in [-0.3, -0.25) is 9.89 Å². The Morgan fingerprint density at radius 1 is 1.28 bits per heavy atom. The largest absolute Gasteiger partial charge is 0.369 e. The van der Waals surface area contributed by atoms with E-state index < -0.39 is 17.9 Å². The highest BCUT2D eigenvalue weighted by molar-refractivity contribution is 5.91. The van der Waals surface area contributed by atoms with Crippen LogP contribution in [-0.4, -0.2) is 37.6 Å². The van der Waals surface area contributed by atoms with Crippen molar-refractivity contribution in [2.75, 3.05) is 11.9 Å². The number of hydrogen-bond donors (Lipinski definition) is 3. The number of fused-ring (bicyclic) bond motifs is 1. The van der Waals surface area contributed by atoms with Gasteiger partial charge < -0.3 is 10.6 Å². The Balaban J connectivity index is 1.48. The molecular weight excluding hydrogens is 373 g/mol. The van der Waals surface area contributed by atoms with E-state index >= 15 is 0 Å². The maximum atomic E-state index is 13.3. The van der Waals surface area contributed by atoms with Crippen LogP contribution in [0.25, 0.3) is 0 Å². The molecule has 1 aliphatic rings. The molecule has 3 aromatic heterocycles. The monoisotopic (exact) mass is 395 g/mol. The maximum absolute atomic E-state index is 13.3. The summed E-state index contributed by atoms with van der Waals surface area (Å²) in [5.74, 6) is -0.171. The molecule has 3 heterocycles. The number of nitrogens with one attached hydrogen (secondary N) is 3. The van der Waals surface area contributed by atoms with Crippen LogP contribution in [0.3, 0.4) is 0 Å². The van der Waals surface area contributed by atoms with Gasteiger partial charge in [-0.05, 0) is 50.3 Å². The Morgan fingerprint density at radius 3 is 2.97 bits per heavy atom. The molecule has 0 radical (unpaired) electrons. The number of aromatic amines is 1. The lowest BCUT2D eigenvalue weighted by Gasteiger charge is -2.15. The first-order valence-electron chi connectivity index (χ1n) is 9.65. The van der Waals surface area contributed by atoms with Crippen LogP contribution in [-0.2, 0) is 19.3 Å². The normalized spacial score (nSPS) is 13.7. The van der Waals surface area contributed by atoms with Gasteiger partial charge in [-0.15, -0.1) is 0 Å². The second-order valence-corrected chi connectivity index (χ2v) is 7.04. The van der Waals surface area contributed by atoms with Gasteiger partial charge in [0.05, 0.1) is 17.9 Å². The summed E-state index contributed by atoms with van der Waals surface area (Å²) in [6.45, 7) is 2.42. The molecule has 9 heteroatoms. The summed E-state index contributed by atoms with van der Waals surface area (Å²) in [4.78, 5) is 25.5. The smallest absolute Gasteiger partial charge is 0.289 e. The van der Waals surface area contributed by atoms with Crippen molar-refractivity contribution in [3.8, 4) is 0 Å². The number of rotatable bonds is 7. The third-order valence-corrected chi connectivity index (χ3v) is 4.93. The number of H-pyrrole nitrogens is 1. The van der Waals surface area contributed by atoms with Crippen LogP contribution in [0.4, 0.5) is 10.2 Å². The Morgan fingerprint density at radius 2 is 2.17 bits per heavy atom. The van der Waals surface area contributed by atoms with Crippen LogP contribution in [0.15, 0.2) is 30.6 Å². The molecule has 150 valence electrons. The van der Waals surface area contributed by atoms with Crippen LogP contribution in [0.5, 0.6) is 0 Å². The zero-order valence-electron chi connectivity index (χ0n) is 16.1. The Labute approximate surface area is 167 Å². The number of amides is 1. The molecule has 4 rings (SSSR count). The predicted octanol–water partition coefficient (Wildman–Crippen LogP) is 2.37. The average Bonchev–Trinajstić information content (AvgIpc) is 3.39. The van der Waals surface area contributed by atoms with Crippen molar-refractivity contribution < 1.29 is 9.18 Å². The molecule has 29 heavy (non-hydrogen) atoms. The summed E-state index contributed by atoms with van der Waals surface area (Å²) in [7, 11) is 0. The van der Waals surface area contributed by atoms with Crippen molar-refractivity contribution in [1.82, 2.24) is 30.5 Å². The van der Waals surface area contributed by atoms with Crippen molar-refractivity contribution in [3.05, 3.63) is 64.9 Å². The average molecular weight is 395 g/mol. The van der Waals surface area contributed by atoms with Crippen LogP contribution < -0.4 is 10.6 Å². The molecular formula is C20H22FN7O. The molecule has 0 unspecified atom stereocenters. The molecule has 1 aliphatic carbocycles. The van der Waals surface area contributed by atoms with E-state index in [2.05, 4.69) is 35.8 Å². The lowest BCUT2D eigenvalue weighted by molar-refractivity contribution is 0.0928. The first kappa shape index (κ1) is 19.0. The number of pyridine rings is 1. The molecule has 0 spiro atoms. The first-order chi connectivity index (χ1) is 14.1. The van der Waals surface area contributed by atoms with Gasteiger partial charge in [0.1, 0.15) is 5.82 Å². The summed E-state index contributed by atoms with van der Waals surface area (Å²) in [6.07, 6.45) is 7.15. The fourth-order valence-electron chi connectivity index (χ4n) is 3.42. The number of anilines is 1. The molecule has 3 N–H and O–H groups in total. The zero-order chi connectivity index (χ0) is 20.2. The van der Waals surface area contributed by atoms with Gasteiger partial charge in [0.25, 0.3) is 5.91 Å². The van der Waals surface area contributed by atoms with Crippen molar-refractivity contribution in [2.45, 2.75) is 38.6 Å². The summed E-state index contributed by atoms with van der Waals surface area (Å²) >= 11 is 0. The van der Waals surface area contributed by atoms with Crippen LogP contribution in [0, 0.1) is 5.95 Å². The standard InChI is InChI=1S/C20H22FN7O/c1-12(15-5-3-7-17(21)26-15)25-20(29)19-27-16-6-2-4-14(16)18(28-19)22-9-8-13-10-23-24-11-13/h3,5,7,10-12H,2,4,6,8-9H2,1H3,(H,23,24)(H,25,29)(H,22,27,28)/t12-/m1/s1. The lowest BCUT2D eigenvalue weighted by Crippen LogP contribution is -2.29. The minimum Gasteiger partial charge on any atom is -0.369 e. The van der Waals surface area contributed by atoms with Gasteiger partial charge in [0.2, 0.25) is 11.8 Å². The summed E-state index contributed by atoms with van der Waals surface area (Å²) in [5.41, 5.74) is 3.52. The summed E-state index contributed by atoms with van der Waals surface area (Å²) in [5, 5.41) is 12.9. The van der Waals surface area contributed by atoms with E-state index in [4.69, 9.17) is 0 Å². The SMILES string of the molecule is C[C@@H](NC(=O)c1nc2c(c(NCCc3cn[nH]c3)n1)CCC2)c1cccc(F)n1. The van der Waals surface area contributed by atoms with Gasteiger partial charge in [0.15, 0.2) is 0 Å². The molecule has 8 nitrogen and oxygen atoms in total. The molecule has 0 saturated heterocycles. The van der Waals surface area contributed by atoms with E-state index in [0.717, 1.165) is 42.5 Å². The van der Waals surface area contributed by atoms with E-state index in [-0.39, 0.29) is 5.82 Å². The number of aromatic nitrogens is 5. The van der Waals surface area contributed by atoms with E-state index in [9.17, 15) is 9.18 Å². The number of aryl methyl sites for hydroxylation is 1. The van der Waals surface area contributed by atoms with Gasteiger partial charge >= 0.3 is 0 Å². The fraction of sp³-hybridized carbons (Fsp3) is 0.350. The van der Waals surface area contributed by atoms with Crippen molar-refractivity contribution in [2.24, 2.45) is 0 Å². The van der Waals surface area contributed by atoms with Gasteiger partial charge in [-0.25, -0.2) is 15.0 Å². The minimum atomic E-state index is -0.582. The zero-order valence-corrected chi connectivity index (χ0v) is 16.1. The van der Waals surface area contributed by atoms with Crippen molar-refractivity contribution in [3.63, 3.8) is 0 Å². The third-order valence-electron chi connectivity index (χ3n) is 4.93. The molecule has 1 amide bonds. The summed E-state index contributed by atoms with van der Waals surface area (Å²) < 4.78 is 13.3. The van der Waals surface area contributed by atoms with Gasteiger partial charge in [-0.1, -0.05) is 6.07 Å². The predicted molar refractivity (Wildman–Crippen MR) is 105 cm³/mol. The maximum Gasteiger partial charge on any atom is 0.289 e. The first-order valence-corrected chi connectivity index (χ1v) is 9.65. The van der Waals surface area contributed by atoms with E-state index in [1.54, 1.807) is 25.3 Å². The Kier molecular flexibility index (Phi) is 5.46. The van der Waals surface area contributed by atoms with Crippen LogP contribution in [0.1, 0.15) is 52.5 Å². The number of halogens is 1. The summed E-state index contributed by atoms with van der Waals surface area (Å²) in [6, 6.07) is 4.03. The second kappa shape index (κ2) is 8.34. The Hall–Kier alpha value is -3.36. The topological polar surface area (TPSA) is 108 Å². The molecule has 0 saturated carbocycles. The number of nitrogens with zero attached hydrogens (tertiary/aromatic N) is 4. The second-order valence-electron chi connectivity index (χ2n) is 7.04. The third kappa shape index (κ3) is 4.39. The molecule has 0 bridgehead atoms. The van der Waals surface area contributed by atoms with E-state index in [0.29, 0.717) is 18.1 Å². The number of carbonyl (C=O) groups excluding carboxylic acids is 1. The van der Waals surface area contributed by atoms with Crippen molar-refractivity contribution in [1.29, 1.82) is 0 Å². The number of hydrogen-bond acceptors (Lipinski definition) is 6. The van der Waals surface area contributed by atoms with Crippen LogP contribution >= 0.6 is 0 Å². The quantitative estimate of drug-likeness (QED) is 0.530. The Bertz CT molecular complexity index is 1010. The van der Waals surface area contributed by atoms with Gasteiger partial charge in [-0.2, -0.15) is 9.49 Å². The highest BCUT2D eigenvalue weighted by Gasteiger charge is 2.23. The van der Waals surface area contributed by atoms with E-state index in [1.165, 1.54) is 6.07 Å². The minimum absolute atomic E-state index is 0.111. The molecule has 0 fully saturated rings. The van der Waals surface area contributed by atoms with Gasteiger partial charge in [0, 0.05) is 24.0 Å². The molecule has 3 aromatic rings. The highest BCUT2D eigenvalue weighted by Crippen LogP contribution is 2.26. The highest BCUT2D eigenvalue weighted by atomic mass is 19.1. The lowest BCUT2D eigenvalue weighted by atomic mass is 10.2. The molecule has 1 atom stereocenters. The molecule has 0 aliphatic heterocycles. The van der Waals surface area contributed by atoms with Crippen LogP contribution in [0.2, 0.25) is 0 Å². The van der Waals surface area contributed by atoms with Crippen molar-refractivity contribution >= 4 is 11.7 Å². The fourth-order valence-corrected chi connectivity index (χ4v) is 3.42.